The molecule has 5 nitrogen and oxygen atoms in total. The molecule has 0 radical (unpaired) electrons. The summed E-state index contributed by atoms with van der Waals surface area (Å²) in [6.45, 7) is 1.22. The summed E-state index contributed by atoms with van der Waals surface area (Å²) in [5.74, 6) is 0.0446. The maximum atomic E-state index is 12.5. The molecule has 1 aliphatic carbocycles. The van der Waals surface area contributed by atoms with Gasteiger partial charge in [-0.1, -0.05) is 0 Å². The van der Waals surface area contributed by atoms with Crippen molar-refractivity contribution in [2.75, 3.05) is 20.3 Å². The van der Waals surface area contributed by atoms with Gasteiger partial charge >= 0.3 is 0 Å². The number of amides is 1. The second-order valence-corrected chi connectivity index (χ2v) is 4.99. The summed E-state index contributed by atoms with van der Waals surface area (Å²) in [6, 6.07) is 3.73. The zero-order valence-electron chi connectivity index (χ0n) is 11.0. The monoisotopic (exact) mass is 262 g/mol. The number of rotatable bonds is 2. The van der Waals surface area contributed by atoms with Crippen LogP contribution in [0.5, 0.6) is 0 Å². The molecular formula is C14H18N2O3. The topological polar surface area (TPSA) is 51.7 Å². The van der Waals surface area contributed by atoms with Crippen LogP contribution >= 0.6 is 0 Å². The van der Waals surface area contributed by atoms with Crippen molar-refractivity contribution < 1.29 is 14.3 Å². The number of carbonyl (C=O) groups excluding carboxylic acids is 1. The Bertz CT molecular complexity index is 451. The highest BCUT2D eigenvalue weighted by atomic mass is 16.5. The SMILES string of the molecule is CO[C@@H]1CC[C@H]2[C@H]1OCCN2C(=O)c1cccnc1. The molecule has 102 valence electrons. The van der Waals surface area contributed by atoms with Gasteiger partial charge in [-0.25, -0.2) is 0 Å². The van der Waals surface area contributed by atoms with E-state index in [9.17, 15) is 4.79 Å². The van der Waals surface area contributed by atoms with Crippen LogP contribution in [0.3, 0.4) is 0 Å². The van der Waals surface area contributed by atoms with Gasteiger partial charge in [-0.05, 0) is 25.0 Å². The van der Waals surface area contributed by atoms with E-state index in [0.717, 1.165) is 12.8 Å². The second-order valence-electron chi connectivity index (χ2n) is 4.99. The van der Waals surface area contributed by atoms with Crippen LogP contribution in [-0.2, 0) is 9.47 Å². The third-order valence-corrected chi connectivity index (χ3v) is 4.01. The van der Waals surface area contributed by atoms with E-state index in [1.54, 1.807) is 25.6 Å². The van der Waals surface area contributed by atoms with Crippen molar-refractivity contribution in [1.82, 2.24) is 9.88 Å². The molecule has 1 saturated heterocycles. The molecule has 0 unspecified atom stereocenters. The first-order valence-corrected chi connectivity index (χ1v) is 6.66. The summed E-state index contributed by atoms with van der Waals surface area (Å²) < 4.78 is 11.2. The number of hydrogen-bond donors (Lipinski definition) is 0. The van der Waals surface area contributed by atoms with E-state index >= 15 is 0 Å². The molecule has 3 rings (SSSR count). The average Bonchev–Trinajstić information content (AvgIpc) is 2.90. The number of carbonyl (C=O) groups is 1. The molecule has 3 atom stereocenters. The van der Waals surface area contributed by atoms with Crippen LogP contribution in [0.2, 0.25) is 0 Å². The van der Waals surface area contributed by atoms with E-state index < -0.39 is 0 Å². The van der Waals surface area contributed by atoms with E-state index in [4.69, 9.17) is 9.47 Å². The maximum absolute atomic E-state index is 12.5. The molecule has 2 aliphatic rings. The molecule has 5 heteroatoms. The summed E-state index contributed by atoms with van der Waals surface area (Å²) in [4.78, 5) is 18.5. The highest BCUT2D eigenvalue weighted by Crippen LogP contribution is 2.32. The highest BCUT2D eigenvalue weighted by Gasteiger charge is 2.44. The van der Waals surface area contributed by atoms with Crippen LogP contribution in [0.1, 0.15) is 23.2 Å². The van der Waals surface area contributed by atoms with Crippen molar-refractivity contribution in [3.05, 3.63) is 30.1 Å². The van der Waals surface area contributed by atoms with Gasteiger partial charge in [0.1, 0.15) is 6.10 Å². The van der Waals surface area contributed by atoms with Gasteiger partial charge in [-0.2, -0.15) is 0 Å². The molecular weight excluding hydrogens is 244 g/mol. The lowest BCUT2D eigenvalue weighted by Gasteiger charge is -2.38. The smallest absolute Gasteiger partial charge is 0.255 e. The van der Waals surface area contributed by atoms with Gasteiger partial charge in [0.2, 0.25) is 0 Å². The zero-order chi connectivity index (χ0) is 13.2. The Balaban J connectivity index is 1.79. The second kappa shape index (κ2) is 5.27. The lowest BCUT2D eigenvalue weighted by Crippen LogP contribution is -2.53. The summed E-state index contributed by atoms with van der Waals surface area (Å²) in [5.41, 5.74) is 0.643. The quantitative estimate of drug-likeness (QED) is 0.801. The van der Waals surface area contributed by atoms with Crippen LogP contribution < -0.4 is 0 Å². The standard InChI is InChI=1S/C14H18N2O3/c1-18-12-5-4-11-13(12)19-8-7-16(11)14(17)10-3-2-6-15-9-10/h2-3,6,9,11-13H,4-5,7-8H2,1H3/t11-,12+,13+/m0/s1. The number of methoxy groups -OCH3 is 1. The van der Waals surface area contributed by atoms with Crippen LogP contribution in [0.15, 0.2) is 24.5 Å². The van der Waals surface area contributed by atoms with Gasteiger partial charge < -0.3 is 14.4 Å². The van der Waals surface area contributed by atoms with Gasteiger partial charge in [0.25, 0.3) is 5.91 Å². The Hall–Kier alpha value is -1.46. The third kappa shape index (κ3) is 2.24. The Labute approximate surface area is 112 Å². The van der Waals surface area contributed by atoms with E-state index in [-0.39, 0.29) is 24.2 Å². The van der Waals surface area contributed by atoms with Crippen molar-refractivity contribution in [3.8, 4) is 0 Å². The minimum absolute atomic E-state index is 0.0133. The third-order valence-electron chi connectivity index (χ3n) is 4.01. The number of nitrogens with zero attached hydrogens (tertiary/aromatic N) is 2. The Morgan fingerprint density at radius 3 is 3.16 bits per heavy atom. The lowest BCUT2D eigenvalue weighted by molar-refractivity contribution is -0.0946. The average molecular weight is 262 g/mol. The molecule has 1 aromatic rings. The van der Waals surface area contributed by atoms with Gasteiger partial charge in [0.15, 0.2) is 0 Å². The number of ether oxygens (including phenoxy) is 2. The Kier molecular flexibility index (Phi) is 3.48. The molecule has 0 bridgehead atoms. The molecule has 19 heavy (non-hydrogen) atoms. The zero-order valence-corrected chi connectivity index (χ0v) is 11.0. The summed E-state index contributed by atoms with van der Waals surface area (Å²) >= 11 is 0. The number of aromatic nitrogens is 1. The van der Waals surface area contributed by atoms with Crippen LogP contribution in [0, 0.1) is 0 Å². The summed E-state index contributed by atoms with van der Waals surface area (Å²) in [6.07, 6.45) is 5.30. The fourth-order valence-corrected chi connectivity index (χ4v) is 3.08. The minimum Gasteiger partial charge on any atom is -0.379 e. The largest absolute Gasteiger partial charge is 0.379 e. The molecule has 2 heterocycles. The van der Waals surface area contributed by atoms with Gasteiger partial charge in [0.05, 0.1) is 24.3 Å². The van der Waals surface area contributed by atoms with E-state index in [0.29, 0.717) is 18.7 Å². The van der Waals surface area contributed by atoms with Crippen molar-refractivity contribution in [1.29, 1.82) is 0 Å². The number of hydrogen-bond acceptors (Lipinski definition) is 4. The normalized spacial score (nSPS) is 30.2. The van der Waals surface area contributed by atoms with Crippen LogP contribution in [0.25, 0.3) is 0 Å². The molecule has 0 spiro atoms. The predicted molar refractivity (Wildman–Crippen MR) is 68.8 cm³/mol. The lowest BCUT2D eigenvalue weighted by atomic mass is 10.1. The van der Waals surface area contributed by atoms with Crippen molar-refractivity contribution in [2.24, 2.45) is 0 Å². The Morgan fingerprint density at radius 1 is 1.53 bits per heavy atom. The van der Waals surface area contributed by atoms with Crippen LogP contribution in [-0.4, -0.2) is 54.3 Å². The summed E-state index contributed by atoms with van der Waals surface area (Å²) in [7, 11) is 1.71. The minimum atomic E-state index is 0.0133. The first kappa shape index (κ1) is 12.6. The number of pyridine rings is 1. The van der Waals surface area contributed by atoms with Gasteiger partial charge in [-0.3, -0.25) is 9.78 Å². The molecule has 0 N–H and O–H groups in total. The number of fused-ring (bicyclic) bond motifs is 1. The molecule has 1 aromatic heterocycles. The van der Waals surface area contributed by atoms with Gasteiger partial charge in [-0.15, -0.1) is 0 Å². The maximum Gasteiger partial charge on any atom is 0.255 e. The Morgan fingerprint density at radius 2 is 2.42 bits per heavy atom. The molecule has 0 aromatic carbocycles. The molecule has 1 aliphatic heterocycles. The highest BCUT2D eigenvalue weighted by molar-refractivity contribution is 5.94. The fourth-order valence-electron chi connectivity index (χ4n) is 3.08. The van der Waals surface area contributed by atoms with Crippen LogP contribution in [0.4, 0.5) is 0 Å². The number of morpholine rings is 1. The van der Waals surface area contributed by atoms with E-state index in [1.165, 1.54) is 0 Å². The molecule has 1 saturated carbocycles. The van der Waals surface area contributed by atoms with E-state index in [1.807, 2.05) is 11.0 Å². The molecule has 2 fully saturated rings. The molecule has 1 amide bonds. The fraction of sp³-hybridized carbons (Fsp3) is 0.571. The van der Waals surface area contributed by atoms with Crippen molar-refractivity contribution in [3.63, 3.8) is 0 Å². The van der Waals surface area contributed by atoms with Crippen molar-refractivity contribution >= 4 is 5.91 Å². The van der Waals surface area contributed by atoms with E-state index in [2.05, 4.69) is 4.98 Å². The summed E-state index contributed by atoms with van der Waals surface area (Å²) in [5, 5.41) is 0. The first-order valence-electron chi connectivity index (χ1n) is 6.66. The van der Waals surface area contributed by atoms with Crippen molar-refractivity contribution in [2.45, 2.75) is 31.1 Å². The first-order chi connectivity index (χ1) is 9.31. The van der Waals surface area contributed by atoms with Gasteiger partial charge in [0, 0.05) is 26.0 Å². The predicted octanol–water partition coefficient (Wildman–Crippen LogP) is 1.10.